The molecule has 0 saturated heterocycles. The molecule has 0 fully saturated rings. The van der Waals surface area contributed by atoms with Crippen molar-refractivity contribution in [3.63, 3.8) is 0 Å². The van der Waals surface area contributed by atoms with Crippen LogP contribution in [0.5, 0.6) is 0 Å². The van der Waals surface area contributed by atoms with Gasteiger partial charge in [-0.3, -0.25) is 25.9 Å². The van der Waals surface area contributed by atoms with Crippen molar-refractivity contribution in [2.45, 2.75) is 0 Å². The van der Waals surface area contributed by atoms with Crippen LogP contribution in [0.1, 0.15) is 0 Å². The van der Waals surface area contributed by atoms with Gasteiger partial charge in [-0.05, 0) is 0 Å². The molecule has 0 unspecified atom stereocenters. The minimum absolute atomic E-state index is 0. The fourth-order valence-electron chi connectivity index (χ4n) is 0.729. The summed E-state index contributed by atoms with van der Waals surface area (Å²) >= 11 is 7.40. The molecule has 0 saturated carbocycles. The van der Waals surface area contributed by atoms with Crippen molar-refractivity contribution in [2.24, 2.45) is 17.4 Å². The van der Waals surface area contributed by atoms with E-state index in [1.165, 1.54) is 10.8 Å². The predicted octanol–water partition coefficient (Wildman–Crippen LogP) is -5.77. The molecule has 0 aromatic heterocycles. The molecule has 0 spiro atoms. The molecular formula is C7H17CoN9O5S2. The van der Waals surface area contributed by atoms with E-state index in [4.69, 9.17) is 27.9 Å². The first-order valence-electron chi connectivity index (χ1n) is 4.65. The number of carbonyl (C=O) groups is 3. The second-order valence-electron chi connectivity index (χ2n) is 2.65. The molecule has 0 aromatic carbocycles. The van der Waals surface area contributed by atoms with Crippen molar-refractivity contribution in [1.29, 1.82) is 10.5 Å². The third-order valence-electron chi connectivity index (χ3n) is 1.26. The van der Waals surface area contributed by atoms with E-state index in [1.54, 1.807) is 0 Å². The monoisotopic (exact) mass is 430 g/mol. The third kappa shape index (κ3) is 36.8. The van der Waals surface area contributed by atoms with Gasteiger partial charge in [0.1, 0.15) is 0 Å². The Kier molecular flexibility index (Phi) is 45.8. The molecule has 1 radical (unpaired) electrons. The zero-order valence-corrected chi connectivity index (χ0v) is 14.5. The van der Waals surface area contributed by atoms with E-state index in [9.17, 15) is 14.4 Å². The number of primary amides is 1. The minimum atomic E-state index is -0.912. The first kappa shape index (κ1) is 37.9. The van der Waals surface area contributed by atoms with Gasteiger partial charge < -0.3 is 41.9 Å². The maximum absolute atomic E-state index is 10.8. The molecule has 141 valence electrons. The Balaban J connectivity index is -0.0000000786. The summed E-state index contributed by atoms with van der Waals surface area (Å²) in [6.45, 7) is -0.653. The summed E-state index contributed by atoms with van der Waals surface area (Å²) in [4.78, 5) is 32.2. The number of nitrogens with two attached hydrogens (primary N) is 3. The molecule has 13 N–H and O–H groups in total. The number of nitrogens with zero attached hydrogens (tertiary/aromatic N) is 3. The van der Waals surface area contributed by atoms with E-state index in [0.717, 1.165) is 5.01 Å². The number of hydrogen-bond acceptors (Lipinski definition) is 10. The molecule has 0 heterocycles. The average Bonchev–Trinajstić information content (AvgIpc) is 2.39. The summed E-state index contributed by atoms with van der Waals surface area (Å²) in [5.74, 6) is 8.43. The molecule has 0 bridgehead atoms. The van der Waals surface area contributed by atoms with Crippen LogP contribution in [0.25, 0.3) is 0 Å². The van der Waals surface area contributed by atoms with Crippen molar-refractivity contribution < 1.29 is 42.1 Å². The Morgan fingerprint density at radius 2 is 1.21 bits per heavy atom. The second-order valence-corrected chi connectivity index (χ2v) is 3.01. The molecule has 0 aliphatic heterocycles. The van der Waals surface area contributed by atoms with Gasteiger partial charge in [0.15, 0.2) is 0 Å². The Labute approximate surface area is 158 Å². The first-order chi connectivity index (χ1) is 9.82. The molecule has 0 aliphatic rings. The van der Waals surface area contributed by atoms with Gasteiger partial charge in [-0.15, -0.1) is 0 Å². The molecule has 14 nitrogen and oxygen atoms in total. The average molecular weight is 430 g/mol. The van der Waals surface area contributed by atoms with Gasteiger partial charge in [-0.2, -0.15) is 0 Å². The predicted molar refractivity (Wildman–Crippen MR) is 82.1 cm³/mol. The van der Waals surface area contributed by atoms with Crippen LogP contribution in [0.2, 0.25) is 0 Å². The molecule has 0 atom stereocenters. The van der Waals surface area contributed by atoms with E-state index in [0.29, 0.717) is 0 Å². The van der Waals surface area contributed by atoms with Crippen molar-refractivity contribution in [2.75, 3.05) is 13.1 Å². The van der Waals surface area contributed by atoms with E-state index in [1.807, 2.05) is 16.3 Å². The summed E-state index contributed by atoms with van der Waals surface area (Å²) in [5.41, 5.74) is 10.5. The molecular weight excluding hydrogens is 413 g/mol. The normalized spacial score (nSPS) is 6.54. The van der Waals surface area contributed by atoms with Gasteiger partial charge in [0, 0.05) is 0 Å². The zero-order valence-electron chi connectivity index (χ0n) is 11.9. The van der Waals surface area contributed by atoms with Gasteiger partial charge in [0.05, 0.1) is 13.1 Å². The summed E-state index contributed by atoms with van der Waals surface area (Å²) in [5, 5.41) is 17.9. The van der Waals surface area contributed by atoms with Crippen molar-refractivity contribution >= 4 is 43.1 Å². The number of rotatable bonds is 5. The van der Waals surface area contributed by atoms with Crippen molar-refractivity contribution in [1.82, 2.24) is 21.3 Å². The Hall–Kier alpha value is -2.06. The Morgan fingerprint density at radius 1 is 0.958 bits per heavy atom. The van der Waals surface area contributed by atoms with Crippen LogP contribution in [0.3, 0.4) is 0 Å². The summed E-state index contributed by atoms with van der Waals surface area (Å²) in [6.07, 6.45) is 0. The van der Waals surface area contributed by atoms with Crippen molar-refractivity contribution in [3.05, 3.63) is 0 Å². The number of nitriles is 2. The van der Waals surface area contributed by atoms with Gasteiger partial charge in [-0.25, -0.2) is 32.0 Å². The van der Waals surface area contributed by atoms with Crippen LogP contribution in [0.4, 0.5) is 4.79 Å². The quantitative estimate of drug-likeness (QED) is 0.0789. The van der Waals surface area contributed by atoms with Crippen LogP contribution < -0.4 is 33.7 Å². The molecule has 0 rings (SSSR count). The van der Waals surface area contributed by atoms with Gasteiger partial charge in [0.25, 0.3) is 0 Å². The Morgan fingerprint density at radius 3 is 1.38 bits per heavy atom. The third-order valence-corrected chi connectivity index (χ3v) is 1.26. The number of hydrogen-bond donors (Lipinski definition) is 6. The van der Waals surface area contributed by atoms with E-state index < -0.39 is 17.8 Å². The fraction of sp³-hybridized carbons (Fsp3) is 0.286. The van der Waals surface area contributed by atoms with Crippen LogP contribution in [0.15, 0.2) is 0 Å². The van der Waals surface area contributed by atoms with Crippen molar-refractivity contribution in [3.8, 4) is 10.8 Å². The van der Waals surface area contributed by atoms with E-state index in [2.05, 4.69) is 25.3 Å². The number of hydrazine groups is 3. The molecule has 0 aromatic rings. The minimum Gasteiger partial charge on any atom is -0.696 e. The molecule has 4 amide bonds. The Bertz CT molecular complexity index is 386. The van der Waals surface area contributed by atoms with Gasteiger partial charge in [0.2, 0.25) is 11.8 Å². The van der Waals surface area contributed by atoms with Crippen LogP contribution >= 0.6 is 0 Å². The van der Waals surface area contributed by atoms with E-state index in [-0.39, 0.29) is 40.8 Å². The van der Waals surface area contributed by atoms with Crippen LogP contribution in [-0.4, -0.2) is 46.9 Å². The zero-order chi connectivity index (χ0) is 17.3. The summed E-state index contributed by atoms with van der Waals surface area (Å²) < 4.78 is 0. The number of thiocyanates is 2. The van der Waals surface area contributed by atoms with Gasteiger partial charge >= 0.3 is 22.8 Å². The van der Waals surface area contributed by atoms with Crippen LogP contribution in [-0.2, 0) is 51.6 Å². The number of urea groups is 1. The first-order valence-corrected chi connectivity index (χ1v) is 5.46. The summed E-state index contributed by atoms with van der Waals surface area (Å²) in [6, 6.07) is -0.912. The maximum Gasteiger partial charge on any atom is 2.00 e. The second kappa shape index (κ2) is 29.0. The standard InChI is InChI=1S/C5H13N7O3.2CHNS.Co.2H2O/c6-5(15)11-12(1-3(13)9-7)2-4(14)10-8;2*2-1-3;;;/h1-2,7-8H2,(H,9,13)(H,10,14)(H3,6,11,15);2*3H;;2*1H2/q;;;+2;;/p-2. The molecule has 24 heavy (non-hydrogen) atoms. The maximum atomic E-state index is 10.8. The summed E-state index contributed by atoms with van der Waals surface area (Å²) in [7, 11) is 0. The van der Waals surface area contributed by atoms with Gasteiger partial charge in [-0.1, -0.05) is 10.8 Å². The SMILES string of the molecule is N#C[S-].N#C[S-].NNC(=O)CN(CC(=O)NN)NC(N)=O.O.O.[Co+2]. The number of amides is 4. The van der Waals surface area contributed by atoms with Crippen LogP contribution in [0, 0.1) is 21.3 Å². The molecule has 0 aliphatic carbocycles. The smallest absolute Gasteiger partial charge is 0.696 e. The number of carbonyl (C=O) groups excluding carboxylic acids is 3. The largest absolute Gasteiger partial charge is 2.00 e. The van der Waals surface area contributed by atoms with E-state index >= 15 is 0 Å². The number of nitrogens with one attached hydrogen (secondary N) is 3. The molecule has 17 heteroatoms. The topological polar surface area (TPSA) is 279 Å². The fourth-order valence-corrected chi connectivity index (χ4v) is 0.729.